The fourth-order valence-corrected chi connectivity index (χ4v) is 4.17. The Kier molecular flexibility index (Phi) is 7.19. The summed E-state index contributed by atoms with van der Waals surface area (Å²) in [6, 6.07) is 3.80. The van der Waals surface area contributed by atoms with Crippen LogP contribution in [0.15, 0.2) is 18.2 Å². The Morgan fingerprint density at radius 1 is 1.11 bits per heavy atom. The molecule has 1 atom stereocenters. The van der Waals surface area contributed by atoms with Crippen molar-refractivity contribution in [2.75, 3.05) is 52.4 Å². The monoisotopic (exact) mass is 379 g/mol. The lowest BCUT2D eigenvalue weighted by atomic mass is 9.91. The summed E-state index contributed by atoms with van der Waals surface area (Å²) in [6.45, 7) is 9.34. The Labute approximate surface area is 161 Å². The molecule has 0 bridgehead atoms. The smallest absolute Gasteiger partial charge is 0.236 e. The van der Waals surface area contributed by atoms with Crippen LogP contribution < -0.4 is 0 Å². The summed E-state index contributed by atoms with van der Waals surface area (Å²) in [5, 5.41) is 0. The Morgan fingerprint density at radius 3 is 2.56 bits per heavy atom. The first-order valence-electron chi connectivity index (χ1n) is 10.2. The van der Waals surface area contributed by atoms with Crippen LogP contribution >= 0.6 is 0 Å². The Hall–Kier alpha value is -1.53. The number of amides is 1. The normalized spacial score (nSPS) is 22.2. The minimum Gasteiger partial charge on any atom is -0.341 e. The number of carbonyl (C=O) groups is 1. The van der Waals surface area contributed by atoms with Gasteiger partial charge >= 0.3 is 0 Å². The first kappa shape index (κ1) is 20.2. The fourth-order valence-electron chi connectivity index (χ4n) is 4.17. The van der Waals surface area contributed by atoms with Crippen molar-refractivity contribution < 1.29 is 13.6 Å². The van der Waals surface area contributed by atoms with Crippen LogP contribution in [0, 0.1) is 17.6 Å². The van der Waals surface area contributed by atoms with Crippen molar-refractivity contribution in [2.45, 2.75) is 32.6 Å². The molecule has 0 spiro atoms. The third kappa shape index (κ3) is 5.72. The van der Waals surface area contributed by atoms with E-state index in [1.54, 1.807) is 0 Å². The number of halogens is 2. The summed E-state index contributed by atoms with van der Waals surface area (Å²) < 4.78 is 26.8. The summed E-state index contributed by atoms with van der Waals surface area (Å²) in [4.78, 5) is 19.4. The molecule has 2 aliphatic heterocycles. The molecule has 0 unspecified atom stereocenters. The summed E-state index contributed by atoms with van der Waals surface area (Å²) in [7, 11) is 0. The van der Waals surface area contributed by atoms with E-state index in [-0.39, 0.29) is 5.91 Å². The number of carbonyl (C=O) groups excluding carboxylic acids is 1. The van der Waals surface area contributed by atoms with E-state index in [0.717, 1.165) is 71.1 Å². The van der Waals surface area contributed by atoms with Gasteiger partial charge in [0.2, 0.25) is 5.91 Å². The third-order valence-corrected chi connectivity index (χ3v) is 5.98. The molecule has 150 valence electrons. The lowest BCUT2D eigenvalue weighted by Gasteiger charge is -2.37. The van der Waals surface area contributed by atoms with Crippen LogP contribution in [-0.2, 0) is 11.2 Å². The minimum atomic E-state index is -0.537. The van der Waals surface area contributed by atoms with Crippen LogP contribution in [0.1, 0.15) is 31.7 Å². The number of piperidine rings is 1. The molecule has 0 aliphatic carbocycles. The summed E-state index contributed by atoms with van der Waals surface area (Å²) in [6.07, 6.45) is 3.51. The van der Waals surface area contributed by atoms with E-state index in [4.69, 9.17) is 0 Å². The average Bonchev–Trinajstić information content (AvgIpc) is 2.68. The van der Waals surface area contributed by atoms with E-state index in [1.807, 2.05) is 4.90 Å². The van der Waals surface area contributed by atoms with Gasteiger partial charge in [-0.05, 0) is 49.8 Å². The SMILES string of the molecule is CCN1CCN(CC(=O)N2CCC[C@@H](CCc3ccc(F)cc3F)C2)CC1. The largest absolute Gasteiger partial charge is 0.341 e. The van der Waals surface area contributed by atoms with Gasteiger partial charge in [0.15, 0.2) is 0 Å². The molecule has 2 aliphatic rings. The van der Waals surface area contributed by atoms with Gasteiger partial charge in [0.25, 0.3) is 0 Å². The summed E-state index contributed by atoms with van der Waals surface area (Å²) in [5.41, 5.74) is 0.564. The Bertz CT molecular complexity index is 632. The van der Waals surface area contributed by atoms with Crippen molar-refractivity contribution in [3.8, 4) is 0 Å². The molecular formula is C21H31F2N3O. The van der Waals surface area contributed by atoms with E-state index in [0.29, 0.717) is 24.4 Å². The number of hydrogen-bond donors (Lipinski definition) is 0. The second-order valence-electron chi connectivity index (χ2n) is 7.83. The van der Waals surface area contributed by atoms with Crippen LogP contribution in [0.3, 0.4) is 0 Å². The summed E-state index contributed by atoms with van der Waals surface area (Å²) in [5.74, 6) is -0.392. The second kappa shape index (κ2) is 9.60. The maximum atomic E-state index is 13.8. The molecule has 2 heterocycles. The van der Waals surface area contributed by atoms with Gasteiger partial charge in [-0.1, -0.05) is 13.0 Å². The molecule has 4 nitrogen and oxygen atoms in total. The maximum Gasteiger partial charge on any atom is 0.236 e. The average molecular weight is 379 g/mol. The highest BCUT2D eigenvalue weighted by Crippen LogP contribution is 2.23. The Balaban J connectivity index is 1.45. The molecule has 1 aromatic carbocycles. The first-order valence-corrected chi connectivity index (χ1v) is 10.2. The van der Waals surface area contributed by atoms with Gasteiger partial charge in [0.05, 0.1) is 6.54 Å². The molecule has 1 aromatic rings. The molecular weight excluding hydrogens is 348 g/mol. The second-order valence-corrected chi connectivity index (χ2v) is 7.83. The molecule has 6 heteroatoms. The van der Waals surface area contributed by atoms with Crippen LogP contribution in [0.5, 0.6) is 0 Å². The van der Waals surface area contributed by atoms with Gasteiger partial charge in [0.1, 0.15) is 11.6 Å². The maximum absolute atomic E-state index is 13.8. The van der Waals surface area contributed by atoms with Gasteiger partial charge < -0.3 is 9.80 Å². The first-order chi connectivity index (χ1) is 13.0. The van der Waals surface area contributed by atoms with E-state index >= 15 is 0 Å². The van der Waals surface area contributed by atoms with Gasteiger partial charge in [-0.15, -0.1) is 0 Å². The standard InChI is InChI=1S/C21H31F2N3O/c1-2-24-10-12-25(13-11-24)16-21(27)26-9-3-4-17(15-26)5-6-18-7-8-19(22)14-20(18)23/h7-8,14,17H,2-6,9-13,15-16H2,1H3/t17-/m0/s1. The Morgan fingerprint density at radius 2 is 1.85 bits per heavy atom. The number of nitrogens with zero attached hydrogens (tertiary/aromatic N) is 3. The number of aryl methyl sites for hydroxylation is 1. The van der Waals surface area contributed by atoms with Gasteiger partial charge in [-0.3, -0.25) is 9.69 Å². The van der Waals surface area contributed by atoms with E-state index < -0.39 is 11.6 Å². The van der Waals surface area contributed by atoms with Crippen molar-refractivity contribution in [3.05, 3.63) is 35.4 Å². The van der Waals surface area contributed by atoms with E-state index in [2.05, 4.69) is 16.7 Å². The minimum absolute atomic E-state index is 0.220. The van der Waals surface area contributed by atoms with Crippen LogP contribution in [-0.4, -0.2) is 73.0 Å². The molecule has 1 amide bonds. The zero-order chi connectivity index (χ0) is 19.2. The van der Waals surface area contributed by atoms with E-state index in [1.165, 1.54) is 12.1 Å². The number of likely N-dealkylation sites (N-methyl/N-ethyl adjacent to an activating group) is 1. The number of benzene rings is 1. The molecule has 0 saturated carbocycles. The summed E-state index contributed by atoms with van der Waals surface area (Å²) >= 11 is 0. The van der Waals surface area contributed by atoms with Crippen LogP contribution in [0.2, 0.25) is 0 Å². The number of piperazine rings is 1. The molecule has 0 aromatic heterocycles. The molecule has 0 radical (unpaired) electrons. The predicted octanol–water partition coefficient (Wildman–Crippen LogP) is 2.77. The molecule has 27 heavy (non-hydrogen) atoms. The lowest BCUT2D eigenvalue weighted by Crippen LogP contribution is -2.51. The van der Waals surface area contributed by atoms with Gasteiger partial charge in [-0.25, -0.2) is 8.78 Å². The fraction of sp³-hybridized carbons (Fsp3) is 0.667. The van der Waals surface area contributed by atoms with Gasteiger partial charge in [0, 0.05) is 45.3 Å². The highest BCUT2D eigenvalue weighted by molar-refractivity contribution is 5.78. The van der Waals surface area contributed by atoms with Crippen LogP contribution in [0.4, 0.5) is 8.78 Å². The van der Waals surface area contributed by atoms with Gasteiger partial charge in [-0.2, -0.15) is 0 Å². The van der Waals surface area contributed by atoms with Crippen LogP contribution in [0.25, 0.3) is 0 Å². The zero-order valence-corrected chi connectivity index (χ0v) is 16.3. The topological polar surface area (TPSA) is 26.8 Å². The van der Waals surface area contributed by atoms with Crippen molar-refractivity contribution in [1.29, 1.82) is 0 Å². The highest BCUT2D eigenvalue weighted by Gasteiger charge is 2.26. The zero-order valence-electron chi connectivity index (χ0n) is 16.3. The number of rotatable bonds is 6. The van der Waals surface area contributed by atoms with E-state index in [9.17, 15) is 13.6 Å². The lowest BCUT2D eigenvalue weighted by molar-refractivity contribution is -0.134. The molecule has 3 rings (SSSR count). The van der Waals surface area contributed by atoms with Crippen molar-refractivity contribution in [2.24, 2.45) is 5.92 Å². The van der Waals surface area contributed by atoms with Crippen molar-refractivity contribution >= 4 is 5.91 Å². The predicted molar refractivity (Wildman–Crippen MR) is 103 cm³/mol. The quantitative estimate of drug-likeness (QED) is 0.761. The number of likely N-dealkylation sites (tertiary alicyclic amines) is 1. The molecule has 2 fully saturated rings. The highest BCUT2D eigenvalue weighted by atomic mass is 19.1. The number of hydrogen-bond acceptors (Lipinski definition) is 3. The third-order valence-electron chi connectivity index (χ3n) is 5.98. The van der Waals surface area contributed by atoms with Crippen molar-refractivity contribution in [1.82, 2.24) is 14.7 Å². The molecule has 0 N–H and O–H groups in total. The molecule has 2 saturated heterocycles. The van der Waals surface area contributed by atoms with Crippen molar-refractivity contribution in [3.63, 3.8) is 0 Å².